The first-order valence-electron chi connectivity index (χ1n) is 5.68. The molecule has 1 aromatic heterocycles. The van der Waals surface area contributed by atoms with Crippen molar-refractivity contribution in [2.75, 3.05) is 11.9 Å². The summed E-state index contributed by atoms with van der Waals surface area (Å²) in [5.74, 6) is 0.345. The van der Waals surface area contributed by atoms with Crippen LogP contribution in [0.1, 0.15) is 19.8 Å². The van der Waals surface area contributed by atoms with Gasteiger partial charge in [0.05, 0.1) is 11.0 Å². The van der Waals surface area contributed by atoms with E-state index in [1.807, 2.05) is 6.92 Å². The Balaban J connectivity index is 1.94. The standard InChI is InChI=1S/C11H15N3O3/c1-2-17-9-6-8(7-9)13-11-10(14(15)16)4-3-5-12-11/h3-5,8-9H,2,6-7H2,1H3,(H,12,13). The lowest BCUT2D eigenvalue weighted by Gasteiger charge is -2.35. The number of ether oxygens (including phenoxy) is 1. The maximum Gasteiger partial charge on any atom is 0.311 e. The molecule has 2 rings (SSSR count). The number of hydrogen-bond donors (Lipinski definition) is 1. The molecule has 0 atom stereocenters. The van der Waals surface area contributed by atoms with Crippen LogP contribution in [0.4, 0.5) is 11.5 Å². The molecule has 1 N–H and O–H groups in total. The van der Waals surface area contributed by atoms with E-state index in [4.69, 9.17) is 4.74 Å². The van der Waals surface area contributed by atoms with Crippen molar-refractivity contribution in [2.45, 2.75) is 31.9 Å². The zero-order chi connectivity index (χ0) is 12.3. The normalized spacial score (nSPS) is 22.9. The van der Waals surface area contributed by atoms with Gasteiger partial charge in [-0.3, -0.25) is 10.1 Å². The van der Waals surface area contributed by atoms with Gasteiger partial charge < -0.3 is 10.1 Å². The molecule has 0 aliphatic heterocycles. The Morgan fingerprint density at radius 1 is 1.65 bits per heavy atom. The van der Waals surface area contributed by atoms with Crippen molar-refractivity contribution in [1.82, 2.24) is 4.98 Å². The topological polar surface area (TPSA) is 77.3 Å². The van der Waals surface area contributed by atoms with Gasteiger partial charge in [0.25, 0.3) is 0 Å². The molecule has 1 aromatic rings. The Morgan fingerprint density at radius 2 is 2.41 bits per heavy atom. The highest BCUT2D eigenvalue weighted by Crippen LogP contribution is 2.29. The average Bonchev–Trinajstić information content (AvgIpc) is 2.26. The summed E-state index contributed by atoms with van der Waals surface area (Å²) < 4.78 is 5.43. The minimum absolute atomic E-state index is 0.0207. The van der Waals surface area contributed by atoms with Crippen molar-refractivity contribution in [2.24, 2.45) is 0 Å². The lowest BCUT2D eigenvalue weighted by Crippen LogP contribution is -2.41. The Labute approximate surface area is 99.2 Å². The first-order valence-corrected chi connectivity index (χ1v) is 5.68. The van der Waals surface area contributed by atoms with Gasteiger partial charge in [0.2, 0.25) is 5.82 Å². The summed E-state index contributed by atoms with van der Waals surface area (Å²) in [5.41, 5.74) is 0.0207. The van der Waals surface area contributed by atoms with E-state index in [1.165, 1.54) is 6.07 Å². The van der Waals surface area contributed by atoms with E-state index in [-0.39, 0.29) is 17.8 Å². The van der Waals surface area contributed by atoms with Crippen molar-refractivity contribution < 1.29 is 9.66 Å². The molecule has 0 saturated heterocycles. The van der Waals surface area contributed by atoms with Gasteiger partial charge in [-0.1, -0.05) is 0 Å². The van der Waals surface area contributed by atoms with Crippen LogP contribution >= 0.6 is 0 Å². The molecule has 6 heteroatoms. The molecule has 1 aliphatic carbocycles. The number of nitro groups is 1. The van der Waals surface area contributed by atoms with Gasteiger partial charge in [0.15, 0.2) is 0 Å². The van der Waals surface area contributed by atoms with Crippen LogP contribution in [-0.2, 0) is 4.74 Å². The summed E-state index contributed by atoms with van der Waals surface area (Å²) in [6.45, 7) is 2.67. The minimum Gasteiger partial charge on any atom is -0.378 e. The molecule has 0 aromatic carbocycles. The van der Waals surface area contributed by atoms with E-state index in [9.17, 15) is 10.1 Å². The maximum atomic E-state index is 10.8. The van der Waals surface area contributed by atoms with Crippen LogP contribution in [-0.4, -0.2) is 28.7 Å². The van der Waals surface area contributed by atoms with E-state index >= 15 is 0 Å². The third-order valence-corrected chi connectivity index (χ3v) is 2.82. The highest BCUT2D eigenvalue weighted by molar-refractivity contribution is 5.55. The Bertz CT molecular complexity index is 405. The molecule has 92 valence electrons. The van der Waals surface area contributed by atoms with E-state index < -0.39 is 4.92 Å². The van der Waals surface area contributed by atoms with E-state index in [0.717, 1.165) is 12.8 Å². The number of nitrogens with zero attached hydrogens (tertiary/aromatic N) is 2. The van der Waals surface area contributed by atoms with Crippen LogP contribution in [0.2, 0.25) is 0 Å². The molecule has 17 heavy (non-hydrogen) atoms. The van der Waals surface area contributed by atoms with Crippen molar-refractivity contribution in [3.63, 3.8) is 0 Å². The summed E-state index contributed by atoms with van der Waals surface area (Å²) in [6.07, 6.45) is 3.58. The molecule has 1 fully saturated rings. The SMILES string of the molecule is CCOC1CC(Nc2ncccc2[N+](=O)[O-])C1. The smallest absolute Gasteiger partial charge is 0.311 e. The molecule has 0 bridgehead atoms. The molecule has 6 nitrogen and oxygen atoms in total. The van der Waals surface area contributed by atoms with Crippen molar-refractivity contribution in [3.05, 3.63) is 28.4 Å². The first-order chi connectivity index (χ1) is 8.20. The van der Waals surface area contributed by atoms with Gasteiger partial charge in [-0.15, -0.1) is 0 Å². The van der Waals surface area contributed by atoms with Crippen molar-refractivity contribution in [3.8, 4) is 0 Å². The molecule has 1 saturated carbocycles. The zero-order valence-corrected chi connectivity index (χ0v) is 9.63. The largest absolute Gasteiger partial charge is 0.378 e. The van der Waals surface area contributed by atoms with Crippen LogP contribution in [0.3, 0.4) is 0 Å². The van der Waals surface area contributed by atoms with Gasteiger partial charge in [0.1, 0.15) is 0 Å². The second kappa shape index (κ2) is 5.09. The third kappa shape index (κ3) is 2.71. The fourth-order valence-corrected chi connectivity index (χ4v) is 1.90. The molecule has 0 amide bonds. The van der Waals surface area contributed by atoms with Crippen molar-refractivity contribution >= 4 is 11.5 Å². The van der Waals surface area contributed by atoms with Gasteiger partial charge >= 0.3 is 5.69 Å². The summed E-state index contributed by atoms with van der Waals surface area (Å²) in [7, 11) is 0. The molecular formula is C11H15N3O3. The minimum atomic E-state index is -0.423. The number of rotatable bonds is 5. The predicted molar refractivity (Wildman–Crippen MR) is 63.0 cm³/mol. The monoisotopic (exact) mass is 237 g/mol. The summed E-state index contributed by atoms with van der Waals surface area (Å²) in [6, 6.07) is 3.24. The van der Waals surface area contributed by atoms with E-state index in [1.54, 1.807) is 12.3 Å². The quantitative estimate of drug-likeness (QED) is 0.625. The number of anilines is 1. The Hall–Kier alpha value is -1.69. The van der Waals surface area contributed by atoms with Gasteiger partial charge in [-0.05, 0) is 25.8 Å². The zero-order valence-electron chi connectivity index (χ0n) is 9.63. The second-order valence-corrected chi connectivity index (χ2v) is 4.02. The van der Waals surface area contributed by atoms with E-state index in [2.05, 4.69) is 10.3 Å². The van der Waals surface area contributed by atoms with Crippen LogP contribution < -0.4 is 5.32 Å². The first kappa shape index (κ1) is 11.8. The molecule has 0 unspecified atom stereocenters. The molecule has 0 spiro atoms. The fraction of sp³-hybridized carbons (Fsp3) is 0.545. The summed E-state index contributed by atoms with van der Waals surface area (Å²) >= 11 is 0. The molecule has 1 heterocycles. The number of aromatic nitrogens is 1. The molecule has 0 radical (unpaired) electrons. The lowest BCUT2D eigenvalue weighted by molar-refractivity contribution is -0.384. The third-order valence-electron chi connectivity index (χ3n) is 2.82. The second-order valence-electron chi connectivity index (χ2n) is 4.02. The lowest BCUT2D eigenvalue weighted by atomic mass is 9.89. The Kier molecular flexibility index (Phi) is 3.53. The predicted octanol–water partition coefficient (Wildman–Crippen LogP) is 1.97. The Morgan fingerprint density at radius 3 is 3.06 bits per heavy atom. The van der Waals surface area contributed by atoms with Crippen LogP contribution in [0, 0.1) is 10.1 Å². The highest BCUT2D eigenvalue weighted by atomic mass is 16.6. The number of pyridine rings is 1. The van der Waals surface area contributed by atoms with Crippen LogP contribution in [0.5, 0.6) is 0 Å². The fourth-order valence-electron chi connectivity index (χ4n) is 1.90. The number of nitrogens with one attached hydrogen (secondary N) is 1. The van der Waals surface area contributed by atoms with Gasteiger partial charge in [0, 0.05) is 24.9 Å². The van der Waals surface area contributed by atoms with Crippen molar-refractivity contribution in [1.29, 1.82) is 0 Å². The van der Waals surface area contributed by atoms with Crippen LogP contribution in [0.15, 0.2) is 18.3 Å². The summed E-state index contributed by atoms with van der Waals surface area (Å²) in [5, 5.41) is 13.9. The highest BCUT2D eigenvalue weighted by Gasteiger charge is 2.31. The molecular weight excluding hydrogens is 222 g/mol. The van der Waals surface area contributed by atoms with Crippen LogP contribution in [0.25, 0.3) is 0 Å². The van der Waals surface area contributed by atoms with E-state index in [0.29, 0.717) is 12.4 Å². The summed E-state index contributed by atoms with van der Waals surface area (Å²) in [4.78, 5) is 14.4. The maximum absolute atomic E-state index is 10.8. The molecule has 1 aliphatic rings. The average molecular weight is 237 g/mol. The number of hydrogen-bond acceptors (Lipinski definition) is 5. The van der Waals surface area contributed by atoms with Gasteiger partial charge in [-0.2, -0.15) is 0 Å². The van der Waals surface area contributed by atoms with Gasteiger partial charge in [-0.25, -0.2) is 4.98 Å².